The van der Waals surface area contributed by atoms with Crippen molar-refractivity contribution < 1.29 is 38.6 Å². The number of nitrogens with one attached hydrogen (secondary N) is 1. The van der Waals surface area contributed by atoms with Crippen molar-refractivity contribution in [3.63, 3.8) is 0 Å². The number of unbranched alkanes of at least 4 members (excludes halogenated alkanes) is 2. The number of aliphatic hydroxyl groups is 1. The standard InChI is InChI=1S/C30H41NO8/c1-7-9-10-11-19(8-2)22-23(27(34)31-26(22)33)25(32)21-16(3)12-13-30(37)15-20(14-17(4)24(21)30)29(36)39-18(5)28(35)38-6/h8,12-13,16-21,24,37H,2,7,9-11,14-15H2,1,3-6H3,(H,31,33,34). The smallest absolute Gasteiger partial charge is 0.346 e. The van der Waals surface area contributed by atoms with Crippen LogP contribution in [0.4, 0.5) is 0 Å². The van der Waals surface area contributed by atoms with Crippen molar-refractivity contribution in [2.24, 2.45) is 35.5 Å². The average Bonchev–Trinajstić information content (AvgIpc) is 3.19. The van der Waals surface area contributed by atoms with Gasteiger partial charge < -0.3 is 14.6 Å². The van der Waals surface area contributed by atoms with Crippen LogP contribution >= 0.6 is 0 Å². The van der Waals surface area contributed by atoms with E-state index in [1.807, 2.05) is 13.8 Å². The van der Waals surface area contributed by atoms with Gasteiger partial charge in [-0.1, -0.05) is 58.3 Å². The third kappa shape index (κ3) is 6.08. The van der Waals surface area contributed by atoms with Crippen LogP contribution in [0.2, 0.25) is 0 Å². The van der Waals surface area contributed by atoms with Gasteiger partial charge in [0.15, 0.2) is 11.9 Å². The lowest BCUT2D eigenvalue weighted by Crippen LogP contribution is -2.56. The normalized spacial score (nSPS) is 31.7. The lowest BCUT2D eigenvalue weighted by molar-refractivity contribution is -0.173. The largest absolute Gasteiger partial charge is 0.466 e. The Morgan fingerprint density at radius 1 is 1.23 bits per heavy atom. The molecule has 8 unspecified atom stereocenters. The van der Waals surface area contributed by atoms with Crippen LogP contribution in [0.1, 0.15) is 66.2 Å². The van der Waals surface area contributed by atoms with E-state index >= 15 is 0 Å². The maximum Gasteiger partial charge on any atom is 0.346 e. The number of carbonyl (C=O) groups excluding carboxylic acids is 5. The average molecular weight is 544 g/mol. The monoisotopic (exact) mass is 543 g/mol. The summed E-state index contributed by atoms with van der Waals surface area (Å²) in [6.45, 7) is 11.1. The molecule has 8 atom stereocenters. The van der Waals surface area contributed by atoms with E-state index in [1.165, 1.54) is 14.0 Å². The van der Waals surface area contributed by atoms with E-state index in [-0.39, 0.29) is 29.4 Å². The van der Waals surface area contributed by atoms with Gasteiger partial charge in [0.1, 0.15) is 0 Å². The molecule has 1 aliphatic heterocycles. The lowest BCUT2D eigenvalue weighted by atomic mass is 9.55. The Bertz CT molecular complexity index is 1090. The molecule has 39 heavy (non-hydrogen) atoms. The highest BCUT2D eigenvalue weighted by Crippen LogP contribution is 2.51. The molecule has 0 saturated heterocycles. The number of methoxy groups -OCH3 is 1. The number of rotatable bonds is 11. The maximum atomic E-state index is 14.1. The highest BCUT2D eigenvalue weighted by Gasteiger charge is 2.56. The summed E-state index contributed by atoms with van der Waals surface area (Å²) in [7, 11) is 1.20. The molecular weight excluding hydrogens is 502 g/mol. The number of hydrogen-bond donors (Lipinski definition) is 2. The lowest BCUT2D eigenvalue weighted by Gasteiger charge is -2.51. The quantitative estimate of drug-likeness (QED) is 0.133. The molecule has 0 radical (unpaired) electrons. The van der Waals surface area contributed by atoms with E-state index in [9.17, 15) is 29.1 Å². The molecule has 3 aliphatic rings. The molecule has 0 aromatic heterocycles. The minimum Gasteiger partial charge on any atom is -0.466 e. The van der Waals surface area contributed by atoms with Crippen molar-refractivity contribution >= 4 is 29.5 Å². The van der Waals surface area contributed by atoms with Gasteiger partial charge in [-0.25, -0.2) is 4.79 Å². The number of ketones is 1. The summed E-state index contributed by atoms with van der Waals surface area (Å²) in [6, 6.07) is 0. The molecule has 0 spiro atoms. The van der Waals surface area contributed by atoms with E-state index in [0.717, 1.165) is 19.3 Å². The first-order chi connectivity index (χ1) is 18.4. The predicted octanol–water partition coefficient (Wildman–Crippen LogP) is 3.21. The van der Waals surface area contributed by atoms with Gasteiger partial charge >= 0.3 is 11.9 Å². The molecule has 1 fully saturated rings. The summed E-state index contributed by atoms with van der Waals surface area (Å²) >= 11 is 0. The molecule has 0 bridgehead atoms. The van der Waals surface area contributed by atoms with Gasteiger partial charge in [0.05, 0.1) is 24.2 Å². The second-order valence-corrected chi connectivity index (χ2v) is 11.3. The van der Waals surface area contributed by atoms with Crippen LogP contribution in [0.5, 0.6) is 0 Å². The summed E-state index contributed by atoms with van der Waals surface area (Å²) < 4.78 is 9.91. The van der Waals surface area contributed by atoms with Crippen molar-refractivity contribution in [2.45, 2.75) is 77.9 Å². The van der Waals surface area contributed by atoms with Crippen LogP contribution in [0.15, 0.2) is 36.0 Å². The van der Waals surface area contributed by atoms with Crippen LogP contribution in [0.25, 0.3) is 0 Å². The van der Waals surface area contributed by atoms with Gasteiger partial charge in [0.2, 0.25) is 0 Å². The van der Waals surface area contributed by atoms with Crippen LogP contribution in [-0.4, -0.2) is 53.5 Å². The molecule has 9 heteroatoms. The Labute approximate surface area is 230 Å². The molecule has 1 heterocycles. The van der Waals surface area contributed by atoms with Crippen molar-refractivity contribution in [2.75, 3.05) is 7.11 Å². The van der Waals surface area contributed by atoms with Gasteiger partial charge in [0, 0.05) is 23.3 Å². The van der Waals surface area contributed by atoms with Gasteiger partial charge in [-0.2, -0.15) is 0 Å². The number of carbonyl (C=O) groups is 5. The topological polar surface area (TPSA) is 136 Å². The van der Waals surface area contributed by atoms with E-state index < -0.39 is 64.9 Å². The van der Waals surface area contributed by atoms with Crippen LogP contribution < -0.4 is 5.32 Å². The number of amides is 2. The fourth-order valence-corrected chi connectivity index (χ4v) is 6.61. The first-order valence-electron chi connectivity index (χ1n) is 13.9. The molecule has 2 amide bonds. The molecular formula is C30H41NO8. The first kappa shape index (κ1) is 30.5. The molecule has 3 rings (SSSR count). The first-order valence-corrected chi connectivity index (χ1v) is 13.9. The van der Waals surface area contributed by atoms with Crippen molar-refractivity contribution in [3.8, 4) is 0 Å². The molecule has 0 aromatic carbocycles. The zero-order valence-corrected chi connectivity index (χ0v) is 23.5. The SMILES string of the molecule is C=CC(CCCCC)C1=C(C(=O)C2C(C)C=CC3(O)CC(C(=O)OC(C)C(=O)OC)CC(C)C23)C(=O)NC1=O. The molecule has 0 aromatic rings. The summed E-state index contributed by atoms with van der Waals surface area (Å²) in [5.41, 5.74) is -1.50. The van der Waals surface area contributed by atoms with Crippen LogP contribution in [-0.2, 0) is 33.4 Å². The van der Waals surface area contributed by atoms with Crippen molar-refractivity contribution in [1.82, 2.24) is 5.32 Å². The van der Waals surface area contributed by atoms with Crippen molar-refractivity contribution in [3.05, 3.63) is 36.0 Å². The Morgan fingerprint density at radius 2 is 1.92 bits per heavy atom. The molecule has 9 nitrogen and oxygen atoms in total. The molecule has 2 N–H and O–H groups in total. The minimum absolute atomic E-state index is 0.00502. The Hall–Kier alpha value is -3.07. The Kier molecular flexibility index (Phi) is 9.69. The van der Waals surface area contributed by atoms with E-state index in [0.29, 0.717) is 12.8 Å². The maximum absolute atomic E-state index is 14.1. The van der Waals surface area contributed by atoms with Gasteiger partial charge in [-0.15, -0.1) is 6.58 Å². The molecule has 2 aliphatic carbocycles. The predicted molar refractivity (Wildman–Crippen MR) is 143 cm³/mol. The molecule has 1 saturated carbocycles. The second kappa shape index (κ2) is 12.4. The van der Waals surface area contributed by atoms with E-state index in [4.69, 9.17) is 4.74 Å². The highest BCUT2D eigenvalue weighted by molar-refractivity contribution is 6.33. The van der Waals surface area contributed by atoms with E-state index in [2.05, 4.69) is 23.6 Å². The van der Waals surface area contributed by atoms with Gasteiger partial charge in [0.25, 0.3) is 11.8 Å². The number of fused-ring (bicyclic) bond motifs is 1. The Balaban J connectivity index is 1.93. The number of hydrogen-bond acceptors (Lipinski definition) is 8. The van der Waals surface area contributed by atoms with Crippen LogP contribution in [0.3, 0.4) is 0 Å². The Morgan fingerprint density at radius 3 is 2.54 bits per heavy atom. The van der Waals surface area contributed by atoms with Crippen LogP contribution in [0, 0.1) is 35.5 Å². The second-order valence-electron chi connectivity index (χ2n) is 11.3. The zero-order chi connectivity index (χ0) is 29.1. The summed E-state index contributed by atoms with van der Waals surface area (Å²) in [6.07, 6.45) is 7.60. The number of Topliss-reactive ketones (excluding diaryl/α,β-unsaturated/α-hetero) is 1. The number of esters is 2. The third-order valence-corrected chi connectivity index (χ3v) is 8.51. The van der Waals surface area contributed by atoms with E-state index in [1.54, 1.807) is 18.2 Å². The number of ether oxygens (including phenoxy) is 2. The zero-order valence-electron chi connectivity index (χ0n) is 23.5. The molecule has 214 valence electrons. The minimum atomic E-state index is -1.51. The van der Waals surface area contributed by atoms with Crippen molar-refractivity contribution in [1.29, 1.82) is 0 Å². The summed E-state index contributed by atoms with van der Waals surface area (Å²) in [5, 5.41) is 14.1. The highest BCUT2D eigenvalue weighted by atomic mass is 16.6. The van der Waals surface area contributed by atoms with Gasteiger partial charge in [-0.05, 0) is 38.0 Å². The number of imide groups is 1. The summed E-state index contributed by atoms with van der Waals surface area (Å²) in [4.78, 5) is 64.5. The van der Waals surface area contributed by atoms with Gasteiger partial charge in [-0.3, -0.25) is 24.5 Å². The third-order valence-electron chi connectivity index (χ3n) is 8.51. The fourth-order valence-electron chi connectivity index (χ4n) is 6.61. The summed E-state index contributed by atoms with van der Waals surface area (Å²) in [5.74, 6) is -6.17. The fraction of sp³-hybridized carbons (Fsp3) is 0.633. The number of allylic oxidation sites excluding steroid dienone is 2.